The van der Waals surface area contributed by atoms with Gasteiger partial charge in [0.15, 0.2) is 0 Å². The average molecular weight is 341 g/mol. The molecule has 1 amide bonds. The van der Waals surface area contributed by atoms with Crippen molar-refractivity contribution in [1.82, 2.24) is 0 Å². The minimum atomic E-state index is -0.717. The minimum Gasteiger partial charge on any atom is -0.326 e. The molecular weight excluding hydrogens is 330 g/mol. The van der Waals surface area contributed by atoms with E-state index in [1.54, 1.807) is 24.3 Å². The number of rotatable bonds is 3. The van der Waals surface area contributed by atoms with Crippen molar-refractivity contribution in [3.8, 4) is 0 Å². The second-order valence-electron chi connectivity index (χ2n) is 4.10. The lowest BCUT2D eigenvalue weighted by atomic mass is 10.1. The van der Waals surface area contributed by atoms with E-state index in [0.717, 1.165) is 17.7 Å². The van der Waals surface area contributed by atoms with Crippen molar-refractivity contribution in [1.29, 1.82) is 0 Å². The molecule has 2 rings (SSSR count). The highest BCUT2D eigenvalue weighted by atomic mass is 79.9. The summed E-state index contributed by atoms with van der Waals surface area (Å²) < 4.78 is 26.9. The topological polar surface area (TPSA) is 55.1 Å². The Morgan fingerprint density at radius 2 is 1.80 bits per heavy atom. The molecule has 0 spiro atoms. The van der Waals surface area contributed by atoms with E-state index in [9.17, 15) is 13.6 Å². The molecule has 0 saturated heterocycles. The molecule has 0 saturated carbocycles. The zero-order valence-corrected chi connectivity index (χ0v) is 11.9. The van der Waals surface area contributed by atoms with Crippen LogP contribution in [-0.4, -0.2) is 5.91 Å². The van der Waals surface area contributed by atoms with Gasteiger partial charge < -0.3 is 11.1 Å². The van der Waals surface area contributed by atoms with Crippen molar-refractivity contribution < 1.29 is 13.6 Å². The van der Waals surface area contributed by atoms with Gasteiger partial charge in [-0.05, 0) is 39.7 Å². The zero-order chi connectivity index (χ0) is 14.7. The largest absolute Gasteiger partial charge is 0.326 e. The van der Waals surface area contributed by atoms with Gasteiger partial charge in [0.1, 0.15) is 11.6 Å². The lowest BCUT2D eigenvalue weighted by Gasteiger charge is -2.08. The standard InChI is InChI=1S/C14H11BrF2N2O/c15-10-5-12(17)13(6-11(10)16)19-14(20)9-3-1-8(7-18)2-4-9/h1-6H,7,18H2,(H,19,20). The summed E-state index contributed by atoms with van der Waals surface area (Å²) in [6.07, 6.45) is 0. The van der Waals surface area contributed by atoms with Crippen molar-refractivity contribution >= 4 is 27.5 Å². The van der Waals surface area contributed by atoms with Crippen LogP contribution >= 0.6 is 15.9 Å². The summed E-state index contributed by atoms with van der Waals surface area (Å²) in [7, 11) is 0. The van der Waals surface area contributed by atoms with E-state index in [1.165, 1.54) is 0 Å². The number of amides is 1. The maximum absolute atomic E-state index is 13.6. The second-order valence-corrected chi connectivity index (χ2v) is 4.96. The molecule has 0 aliphatic rings. The number of carbonyl (C=O) groups is 1. The molecule has 6 heteroatoms. The van der Waals surface area contributed by atoms with Gasteiger partial charge >= 0.3 is 0 Å². The fraction of sp³-hybridized carbons (Fsp3) is 0.0714. The van der Waals surface area contributed by atoms with Gasteiger partial charge in [-0.1, -0.05) is 12.1 Å². The van der Waals surface area contributed by atoms with Crippen LogP contribution in [-0.2, 0) is 6.54 Å². The fourth-order valence-electron chi connectivity index (χ4n) is 1.61. The molecule has 20 heavy (non-hydrogen) atoms. The first-order valence-corrected chi connectivity index (χ1v) is 6.55. The van der Waals surface area contributed by atoms with E-state index in [4.69, 9.17) is 5.73 Å². The molecule has 0 aliphatic heterocycles. The Morgan fingerprint density at radius 1 is 1.15 bits per heavy atom. The minimum absolute atomic E-state index is 0.000276. The molecule has 2 aromatic carbocycles. The third-order valence-corrected chi connectivity index (χ3v) is 3.32. The Kier molecular flexibility index (Phi) is 4.46. The Morgan fingerprint density at radius 3 is 2.40 bits per heavy atom. The molecule has 3 N–H and O–H groups in total. The third kappa shape index (κ3) is 3.20. The molecule has 104 valence electrons. The molecule has 0 fully saturated rings. The van der Waals surface area contributed by atoms with Crippen molar-refractivity contribution in [2.24, 2.45) is 5.73 Å². The van der Waals surface area contributed by atoms with Gasteiger partial charge in [0.25, 0.3) is 5.91 Å². The van der Waals surface area contributed by atoms with E-state index in [0.29, 0.717) is 12.1 Å². The quantitative estimate of drug-likeness (QED) is 0.841. The molecule has 0 atom stereocenters. The van der Waals surface area contributed by atoms with Gasteiger partial charge in [-0.2, -0.15) is 0 Å². The second kappa shape index (κ2) is 6.11. The van der Waals surface area contributed by atoms with Gasteiger partial charge in [0, 0.05) is 18.2 Å². The Balaban J connectivity index is 2.20. The van der Waals surface area contributed by atoms with Crippen molar-refractivity contribution in [2.75, 3.05) is 5.32 Å². The smallest absolute Gasteiger partial charge is 0.255 e. The van der Waals surface area contributed by atoms with Crippen LogP contribution in [0.1, 0.15) is 15.9 Å². The summed E-state index contributed by atoms with van der Waals surface area (Å²) in [6, 6.07) is 8.43. The zero-order valence-electron chi connectivity index (χ0n) is 10.3. The molecule has 0 bridgehead atoms. The van der Waals surface area contributed by atoms with Gasteiger partial charge in [-0.15, -0.1) is 0 Å². The van der Waals surface area contributed by atoms with Crippen molar-refractivity contribution in [3.63, 3.8) is 0 Å². The van der Waals surface area contributed by atoms with Crippen molar-refractivity contribution in [3.05, 3.63) is 63.6 Å². The van der Waals surface area contributed by atoms with Crippen LogP contribution in [0.3, 0.4) is 0 Å². The molecular formula is C14H11BrF2N2O. The van der Waals surface area contributed by atoms with E-state index in [1.807, 2.05) is 0 Å². The Labute approximate surface area is 122 Å². The predicted octanol–water partition coefficient (Wildman–Crippen LogP) is 3.44. The first-order chi connectivity index (χ1) is 9.51. The summed E-state index contributed by atoms with van der Waals surface area (Å²) in [5, 5.41) is 2.33. The fourth-order valence-corrected chi connectivity index (χ4v) is 1.92. The van der Waals surface area contributed by atoms with Gasteiger partial charge in [-0.25, -0.2) is 8.78 Å². The van der Waals surface area contributed by atoms with Crippen LogP contribution in [0.5, 0.6) is 0 Å². The third-order valence-electron chi connectivity index (χ3n) is 2.71. The molecule has 0 heterocycles. The van der Waals surface area contributed by atoms with Crippen molar-refractivity contribution in [2.45, 2.75) is 6.54 Å². The highest BCUT2D eigenvalue weighted by molar-refractivity contribution is 9.10. The monoisotopic (exact) mass is 340 g/mol. The summed E-state index contributed by atoms with van der Waals surface area (Å²) in [4.78, 5) is 11.9. The van der Waals surface area contributed by atoms with Crippen LogP contribution in [0.25, 0.3) is 0 Å². The predicted molar refractivity (Wildman–Crippen MR) is 76.3 cm³/mol. The number of nitrogens with one attached hydrogen (secondary N) is 1. The molecule has 0 unspecified atom stereocenters. The van der Waals surface area contributed by atoms with Crippen LogP contribution < -0.4 is 11.1 Å². The molecule has 3 nitrogen and oxygen atoms in total. The summed E-state index contributed by atoms with van der Waals surface area (Å²) in [6.45, 7) is 0.369. The normalized spacial score (nSPS) is 10.4. The highest BCUT2D eigenvalue weighted by Crippen LogP contribution is 2.23. The van der Waals surface area contributed by atoms with Gasteiger partial charge in [-0.3, -0.25) is 4.79 Å². The summed E-state index contributed by atoms with van der Waals surface area (Å²) in [5.41, 5.74) is 6.46. The SMILES string of the molecule is NCc1ccc(C(=O)Nc2cc(F)c(Br)cc2F)cc1. The number of anilines is 1. The molecule has 0 aliphatic carbocycles. The molecule has 2 aromatic rings. The molecule has 0 aromatic heterocycles. The Bertz CT molecular complexity index is 644. The summed E-state index contributed by atoms with van der Waals surface area (Å²) in [5.74, 6) is -1.89. The van der Waals surface area contributed by atoms with Gasteiger partial charge in [0.05, 0.1) is 10.2 Å². The number of hydrogen-bond acceptors (Lipinski definition) is 2. The van der Waals surface area contributed by atoms with E-state index < -0.39 is 17.5 Å². The van der Waals surface area contributed by atoms with Crippen LogP contribution in [0, 0.1) is 11.6 Å². The van der Waals surface area contributed by atoms with Gasteiger partial charge in [0.2, 0.25) is 0 Å². The Hall–Kier alpha value is -1.79. The van der Waals surface area contributed by atoms with Crippen LogP contribution in [0.15, 0.2) is 40.9 Å². The van der Waals surface area contributed by atoms with Crippen LogP contribution in [0.2, 0.25) is 0 Å². The first kappa shape index (κ1) is 14.6. The number of carbonyl (C=O) groups excluding carboxylic acids is 1. The maximum atomic E-state index is 13.6. The number of hydrogen-bond donors (Lipinski definition) is 2. The van der Waals surface area contributed by atoms with Crippen LogP contribution in [0.4, 0.5) is 14.5 Å². The number of benzene rings is 2. The van der Waals surface area contributed by atoms with E-state index >= 15 is 0 Å². The highest BCUT2D eigenvalue weighted by Gasteiger charge is 2.12. The maximum Gasteiger partial charge on any atom is 0.255 e. The lowest BCUT2D eigenvalue weighted by Crippen LogP contribution is -2.13. The average Bonchev–Trinajstić information content (AvgIpc) is 2.44. The number of halogens is 3. The molecule has 0 radical (unpaired) electrons. The van der Waals surface area contributed by atoms with E-state index in [-0.39, 0.29) is 10.2 Å². The number of nitrogens with two attached hydrogens (primary N) is 1. The lowest BCUT2D eigenvalue weighted by molar-refractivity contribution is 0.102. The summed E-state index contributed by atoms with van der Waals surface area (Å²) >= 11 is 2.87. The van der Waals surface area contributed by atoms with E-state index in [2.05, 4.69) is 21.2 Å². The first-order valence-electron chi connectivity index (χ1n) is 5.76.